The molecule has 0 radical (unpaired) electrons. The minimum atomic E-state index is -1.09. The van der Waals surface area contributed by atoms with Crippen molar-refractivity contribution in [2.75, 3.05) is 0 Å². The van der Waals surface area contributed by atoms with Crippen molar-refractivity contribution in [3.63, 3.8) is 0 Å². The molecule has 0 fully saturated rings. The molecule has 1 aromatic carbocycles. The predicted molar refractivity (Wildman–Crippen MR) is 60.0 cm³/mol. The largest absolute Gasteiger partial charge is 0.474 e. The van der Waals surface area contributed by atoms with Crippen molar-refractivity contribution in [1.29, 1.82) is 0 Å². The zero-order chi connectivity index (χ0) is 13.2. The molecule has 0 saturated carbocycles. The molecule has 0 aliphatic heterocycles. The molecule has 17 heavy (non-hydrogen) atoms. The molecule has 1 unspecified atom stereocenters. The van der Waals surface area contributed by atoms with Crippen LogP contribution < -0.4 is 10.5 Å². The van der Waals surface area contributed by atoms with Crippen LogP contribution >= 0.6 is 15.9 Å². The lowest BCUT2D eigenvalue weighted by Gasteiger charge is -2.11. The van der Waals surface area contributed by atoms with Crippen molar-refractivity contribution >= 4 is 27.5 Å². The molecule has 8 heteroatoms. The molecule has 0 aliphatic rings. The smallest absolute Gasteiger partial charge is 0.312 e. The number of primary amides is 1. The van der Waals surface area contributed by atoms with E-state index in [0.717, 1.165) is 12.1 Å². The topological polar surface area (TPSA) is 95.5 Å². The van der Waals surface area contributed by atoms with Gasteiger partial charge in [-0.15, -0.1) is 0 Å². The van der Waals surface area contributed by atoms with E-state index in [9.17, 15) is 19.3 Å². The standard InChI is InChI=1S/C9H8BrFN2O4/c1-4(9(12)14)17-8-3-6(11)5(10)2-7(8)13(15)16/h2-4H,1H3,(H2,12,14). The second kappa shape index (κ2) is 5.09. The number of rotatable bonds is 4. The summed E-state index contributed by atoms with van der Waals surface area (Å²) in [6.45, 7) is 1.31. The molecule has 92 valence electrons. The average molecular weight is 307 g/mol. The van der Waals surface area contributed by atoms with E-state index in [0.29, 0.717) is 0 Å². The highest BCUT2D eigenvalue weighted by Gasteiger charge is 2.22. The fraction of sp³-hybridized carbons (Fsp3) is 0.222. The number of nitrogens with zero attached hydrogens (tertiary/aromatic N) is 1. The van der Waals surface area contributed by atoms with E-state index in [1.807, 2.05) is 0 Å². The SMILES string of the molecule is CC(Oc1cc(F)c(Br)cc1[N+](=O)[O-])C(N)=O. The zero-order valence-corrected chi connectivity index (χ0v) is 10.2. The number of carbonyl (C=O) groups excluding carboxylic acids is 1. The molecule has 1 rings (SSSR count). The maximum Gasteiger partial charge on any atom is 0.312 e. The third-order valence-corrected chi connectivity index (χ3v) is 2.51. The van der Waals surface area contributed by atoms with Gasteiger partial charge in [0.25, 0.3) is 5.91 Å². The number of nitro groups is 1. The van der Waals surface area contributed by atoms with Gasteiger partial charge in [-0.2, -0.15) is 0 Å². The van der Waals surface area contributed by atoms with Crippen molar-refractivity contribution in [1.82, 2.24) is 0 Å². The van der Waals surface area contributed by atoms with Crippen LogP contribution in [0.25, 0.3) is 0 Å². The second-order valence-corrected chi connectivity index (χ2v) is 4.01. The Morgan fingerprint density at radius 3 is 2.71 bits per heavy atom. The van der Waals surface area contributed by atoms with Gasteiger partial charge in [0.15, 0.2) is 6.10 Å². The van der Waals surface area contributed by atoms with E-state index in [4.69, 9.17) is 10.5 Å². The van der Waals surface area contributed by atoms with E-state index in [1.54, 1.807) is 0 Å². The summed E-state index contributed by atoms with van der Waals surface area (Å²) in [5.74, 6) is -1.88. The highest BCUT2D eigenvalue weighted by atomic mass is 79.9. The Kier molecular flexibility index (Phi) is 4.00. The summed E-state index contributed by atoms with van der Waals surface area (Å²) < 4.78 is 18.1. The Morgan fingerprint density at radius 2 is 2.24 bits per heavy atom. The molecule has 0 aromatic heterocycles. The summed E-state index contributed by atoms with van der Waals surface area (Å²) in [6.07, 6.45) is -1.09. The number of benzene rings is 1. The van der Waals surface area contributed by atoms with E-state index >= 15 is 0 Å². The fourth-order valence-electron chi connectivity index (χ4n) is 1.00. The first-order valence-electron chi connectivity index (χ1n) is 4.42. The Morgan fingerprint density at radius 1 is 1.65 bits per heavy atom. The molecule has 0 bridgehead atoms. The quantitative estimate of drug-likeness (QED) is 0.677. The van der Waals surface area contributed by atoms with Crippen molar-refractivity contribution in [2.45, 2.75) is 13.0 Å². The number of halogens is 2. The molecular formula is C9H8BrFN2O4. The summed E-state index contributed by atoms with van der Waals surface area (Å²) in [4.78, 5) is 20.7. The lowest BCUT2D eigenvalue weighted by Crippen LogP contribution is -2.30. The van der Waals surface area contributed by atoms with Crippen molar-refractivity contribution < 1.29 is 18.8 Å². The Balaban J connectivity index is 3.17. The Hall–Kier alpha value is -1.70. The lowest BCUT2D eigenvalue weighted by atomic mass is 10.3. The van der Waals surface area contributed by atoms with E-state index in [2.05, 4.69) is 15.9 Å². The van der Waals surface area contributed by atoms with Crippen molar-refractivity contribution in [2.24, 2.45) is 5.73 Å². The van der Waals surface area contributed by atoms with Gasteiger partial charge in [0, 0.05) is 12.1 Å². The number of hydrogen-bond acceptors (Lipinski definition) is 4. The summed E-state index contributed by atoms with van der Waals surface area (Å²) in [5, 5.41) is 10.7. The van der Waals surface area contributed by atoms with E-state index in [-0.39, 0.29) is 10.2 Å². The van der Waals surface area contributed by atoms with Gasteiger partial charge in [0.05, 0.1) is 9.40 Å². The predicted octanol–water partition coefficient (Wildman–Crippen LogP) is 1.75. The van der Waals surface area contributed by atoms with Crippen LogP contribution in [-0.2, 0) is 4.79 Å². The van der Waals surface area contributed by atoms with Crippen LogP contribution in [0, 0.1) is 15.9 Å². The van der Waals surface area contributed by atoms with Crippen LogP contribution in [0.5, 0.6) is 5.75 Å². The molecular weight excluding hydrogens is 299 g/mol. The van der Waals surface area contributed by atoms with Crippen LogP contribution in [0.1, 0.15) is 6.92 Å². The summed E-state index contributed by atoms with van der Waals surface area (Å²) >= 11 is 2.82. The van der Waals surface area contributed by atoms with E-state index < -0.39 is 28.4 Å². The van der Waals surface area contributed by atoms with Crippen LogP contribution in [0.3, 0.4) is 0 Å². The van der Waals surface area contributed by atoms with Gasteiger partial charge in [0.2, 0.25) is 5.75 Å². The minimum Gasteiger partial charge on any atom is -0.474 e. The summed E-state index contributed by atoms with van der Waals surface area (Å²) in [6, 6.07) is 1.78. The number of hydrogen-bond donors (Lipinski definition) is 1. The first kappa shape index (κ1) is 13.4. The first-order valence-corrected chi connectivity index (χ1v) is 5.21. The molecule has 0 heterocycles. The summed E-state index contributed by atoms with van der Waals surface area (Å²) in [7, 11) is 0. The van der Waals surface area contributed by atoms with Crippen LogP contribution in [0.2, 0.25) is 0 Å². The Bertz CT molecular complexity index is 480. The Labute approximate surface area is 104 Å². The fourth-order valence-corrected chi connectivity index (χ4v) is 1.33. The first-order chi connectivity index (χ1) is 7.82. The van der Waals surface area contributed by atoms with Crippen LogP contribution in [0.15, 0.2) is 16.6 Å². The summed E-state index contributed by atoms with van der Waals surface area (Å²) in [5.41, 5.74) is 4.49. The zero-order valence-electron chi connectivity index (χ0n) is 8.65. The third-order valence-electron chi connectivity index (χ3n) is 1.90. The number of carbonyl (C=O) groups is 1. The van der Waals surface area contributed by atoms with Crippen molar-refractivity contribution in [3.8, 4) is 5.75 Å². The normalized spacial score (nSPS) is 11.9. The number of nitro benzene ring substituents is 1. The third kappa shape index (κ3) is 3.13. The maximum atomic E-state index is 13.2. The molecule has 0 saturated heterocycles. The second-order valence-electron chi connectivity index (χ2n) is 3.15. The lowest BCUT2D eigenvalue weighted by molar-refractivity contribution is -0.386. The maximum absolute atomic E-state index is 13.2. The van der Waals surface area contributed by atoms with Gasteiger partial charge in [-0.25, -0.2) is 4.39 Å². The molecule has 2 N–H and O–H groups in total. The van der Waals surface area contributed by atoms with Crippen LogP contribution in [-0.4, -0.2) is 16.9 Å². The monoisotopic (exact) mass is 306 g/mol. The van der Waals surface area contributed by atoms with Gasteiger partial charge >= 0.3 is 5.69 Å². The molecule has 6 nitrogen and oxygen atoms in total. The van der Waals surface area contributed by atoms with Gasteiger partial charge < -0.3 is 10.5 Å². The molecule has 1 atom stereocenters. The minimum absolute atomic E-state index is 0.0664. The molecule has 1 aromatic rings. The highest BCUT2D eigenvalue weighted by molar-refractivity contribution is 9.10. The molecule has 0 spiro atoms. The molecule has 0 aliphatic carbocycles. The van der Waals surface area contributed by atoms with Gasteiger partial charge in [-0.1, -0.05) is 0 Å². The van der Waals surface area contributed by atoms with Gasteiger partial charge in [-0.3, -0.25) is 14.9 Å². The van der Waals surface area contributed by atoms with Crippen LogP contribution in [0.4, 0.5) is 10.1 Å². The number of ether oxygens (including phenoxy) is 1. The van der Waals surface area contributed by atoms with E-state index in [1.165, 1.54) is 6.92 Å². The van der Waals surface area contributed by atoms with Gasteiger partial charge in [-0.05, 0) is 22.9 Å². The van der Waals surface area contributed by atoms with Gasteiger partial charge in [0.1, 0.15) is 5.82 Å². The number of amides is 1. The average Bonchev–Trinajstić information content (AvgIpc) is 2.22. The molecule has 1 amide bonds. The highest BCUT2D eigenvalue weighted by Crippen LogP contribution is 2.33. The van der Waals surface area contributed by atoms with Crippen molar-refractivity contribution in [3.05, 3.63) is 32.5 Å². The number of nitrogens with two attached hydrogens (primary N) is 1.